The number of rotatable bonds is 5. The zero-order valence-electron chi connectivity index (χ0n) is 8.64. The molecule has 1 aromatic heterocycles. The van der Waals surface area contributed by atoms with Crippen molar-refractivity contribution in [1.82, 2.24) is 10.2 Å². The van der Waals surface area contributed by atoms with E-state index in [1.807, 2.05) is 12.1 Å². The lowest BCUT2D eigenvalue weighted by Crippen LogP contribution is -2.27. The number of aromatic nitrogens is 2. The minimum Gasteiger partial charge on any atom is -0.396 e. The molecule has 0 saturated carbocycles. The second-order valence-electron chi connectivity index (χ2n) is 3.62. The van der Waals surface area contributed by atoms with Crippen molar-refractivity contribution in [3.8, 4) is 0 Å². The summed E-state index contributed by atoms with van der Waals surface area (Å²) < 4.78 is 0. The molecule has 0 aliphatic rings. The third kappa shape index (κ3) is 3.30. The summed E-state index contributed by atoms with van der Waals surface area (Å²) >= 11 is 0. The van der Waals surface area contributed by atoms with Crippen LogP contribution in [0.3, 0.4) is 0 Å². The maximum absolute atomic E-state index is 8.89. The molecule has 0 aliphatic carbocycles. The van der Waals surface area contributed by atoms with Gasteiger partial charge in [-0.1, -0.05) is 13.8 Å². The molecule has 0 saturated heterocycles. The van der Waals surface area contributed by atoms with E-state index in [-0.39, 0.29) is 12.6 Å². The van der Waals surface area contributed by atoms with E-state index < -0.39 is 0 Å². The second-order valence-corrected chi connectivity index (χ2v) is 3.62. The third-order valence-corrected chi connectivity index (χ3v) is 2.15. The summed E-state index contributed by atoms with van der Waals surface area (Å²) in [4.78, 5) is 0. The molecule has 0 aliphatic heterocycles. The topological polar surface area (TPSA) is 58.0 Å². The van der Waals surface area contributed by atoms with Crippen LogP contribution in [0.2, 0.25) is 0 Å². The van der Waals surface area contributed by atoms with Gasteiger partial charge in [0, 0.05) is 18.8 Å². The van der Waals surface area contributed by atoms with Crippen LogP contribution in [0.4, 0.5) is 5.82 Å². The Morgan fingerprint density at radius 2 is 2.29 bits per heavy atom. The van der Waals surface area contributed by atoms with Crippen molar-refractivity contribution in [1.29, 1.82) is 0 Å². The average molecular weight is 195 g/mol. The van der Waals surface area contributed by atoms with Gasteiger partial charge in [-0.15, -0.1) is 5.10 Å². The summed E-state index contributed by atoms with van der Waals surface area (Å²) in [5.41, 5.74) is 0. The Morgan fingerprint density at radius 3 is 2.79 bits per heavy atom. The zero-order chi connectivity index (χ0) is 10.4. The molecule has 0 spiro atoms. The van der Waals surface area contributed by atoms with E-state index >= 15 is 0 Å². The van der Waals surface area contributed by atoms with Crippen molar-refractivity contribution in [3.05, 3.63) is 18.3 Å². The van der Waals surface area contributed by atoms with Gasteiger partial charge in [0.15, 0.2) is 0 Å². The first kappa shape index (κ1) is 10.9. The van der Waals surface area contributed by atoms with Crippen molar-refractivity contribution in [2.75, 3.05) is 11.9 Å². The largest absolute Gasteiger partial charge is 0.396 e. The molecule has 0 amide bonds. The molecule has 0 radical (unpaired) electrons. The molecule has 0 bridgehead atoms. The lowest BCUT2D eigenvalue weighted by Gasteiger charge is -2.21. The Kier molecular flexibility index (Phi) is 4.32. The molecule has 14 heavy (non-hydrogen) atoms. The van der Waals surface area contributed by atoms with E-state index in [1.54, 1.807) is 6.20 Å². The molecule has 78 valence electrons. The van der Waals surface area contributed by atoms with E-state index in [1.165, 1.54) is 0 Å². The summed E-state index contributed by atoms with van der Waals surface area (Å²) in [6.07, 6.45) is 2.37. The highest BCUT2D eigenvalue weighted by atomic mass is 16.3. The molecule has 1 aromatic rings. The minimum absolute atomic E-state index is 0.191. The van der Waals surface area contributed by atoms with Crippen molar-refractivity contribution in [2.24, 2.45) is 5.92 Å². The Labute approximate surface area is 84.4 Å². The minimum atomic E-state index is 0.191. The normalized spacial score (nSPS) is 12.9. The molecule has 1 rings (SSSR count). The third-order valence-electron chi connectivity index (χ3n) is 2.15. The summed E-state index contributed by atoms with van der Waals surface area (Å²) in [6, 6.07) is 3.96. The number of aliphatic hydroxyl groups is 1. The van der Waals surface area contributed by atoms with Gasteiger partial charge in [0.05, 0.1) is 0 Å². The van der Waals surface area contributed by atoms with Crippen molar-refractivity contribution in [3.63, 3.8) is 0 Å². The number of nitrogens with one attached hydrogen (secondary N) is 1. The molecule has 1 atom stereocenters. The zero-order valence-corrected chi connectivity index (χ0v) is 8.64. The van der Waals surface area contributed by atoms with Crippen molar-refractivity contribution >= 4 is 5.82 Å². The highest BCUT2D eigenvalue weighted by molar-refractivity contribution is 5.32. The van der Waals surface area contributed by atoms with E-state index in [2.05, 4.69) is 29.4 Å². The number of hydrogen-bond acceptors (Lipinski definition) is 4. The van der Waals surface area contributed by atoms with E-state index in [4.69, 9.17) is 5.11 Å². The number of aliphatic hydroxyl groups excluding tert-OH is 1. The molecule has 2 N–H and O–H groups in total. The van der Waals surface area contributed by atoms with Crippen LogP contribution in [-0.2, 0) is 0 Å². The molecule has 0 aromatic carbocycles. The van der Waals surface area contributed by atoms with Crippen LogP contribution in [-0.4, -0.2) is 28.0 Å². The standard InChI is InChI=1S/C10H17N3O/c1-8(2)9(5-7-14)12-10-4-3-6-11-13-10/h3-4,6,8-9,14H,5,7H2,1-2H3,(H,12,13). The van der Waals surface area contributed by atoms with E-state index in [9.17, 15) is 0 Å². The highest BCUT2D eigenvalue weighted by Crippen LogP contribution is 2.11. The fourth-order valence-electron chi connectivity index (χ4n) is 1.28. The van der Waals surface area contributed by atoms with Gasteiger partial charge >= 0.3 is 0 Å². The maximum Gasteiger partial charge on any atom is 0.148 e. The van der Waals surface area contributed by atoms with Crippen molar-refractivity contribution in [2.45, 2.75) is 26.3 Å². The highest BCUT2D eigenvalue weighted by Gasteiger charge is 2.12. The maximum atomic E-state index is 8.89. The van der Waals surface area contributed by atoms with Crippen LogP contribution in [0.15, 0.2) is 18.3 Å². The summed E-state index contributed by atoms with van der Waals surface area (Å²) in [7, 11) is 0. The van der Waals surface area contributed by atoms with Gasteiger partial charge in [0.2, 0.25) is 0 Å². The van der Waals surface area contributed by atoms with Crippen LogP contribution in [0.5, 0.6) is 0 Å². The summed E-state index contributed by atoms with van der Waals surface area (Å²) in [5, 5.41) is 19.9. The van der Waals surface area contributed by atoms with Crippen LogP contribution >= 0.6 is 0 Å². The molecule has 4 heteroatoms. The molecule has 1 heterocycles. The Balaban J connectivity index is 2.55. The monoisotopic (exact) mass is 195 g/mol. The van der Waals surface area contributed by atoms with Gasteiger partial charge in [-0.2, -0.15) is 5.10 Å². The fourth-order valence-corrected chi connectivity index (χ4v) is 1.28. The number of nitrogens with zero attached hydrogens (tertiary/aromatic N) is 2. The number of anilines is 1. The molecule has 0 fully saturated rings. The summed E-state index contributed by atoms with van der Waals surface area (Å²) in [5.74, 6) is 1.23. The quantitative estimate of drug-likeness (QED) is 0.743. The smallest absolute Gasteiger partial charge is 0.148 e. The lowest BCUT2D eigenvalue weighted by atomic mass is 10.0. The van der Waals surface area contributed by atoms with Gasteiger partial charge in [-0.05, 0) is 24.5 Å². The van der Waals surface area contributed by atoms with Crippen LogP contribution in [0.1, 0.15) is 20.3 Å². The number of hydrogen-bond donors (Lipinski definition) is 2. The van der Waals surface area contributed by atoms with Crippen LogP contribution in [0.25, 0.3) is 0 Å². The van der Waals surface area contributed by atoms with Crippen molar-refractivity contribution < 1.29 is 5.11 Å². The van der Waals surface area contributed by atoms with Gasteiger partial charge in [-0.25, -0.2) is 0 Å². The van der Waals surface area contributed by atoms with Gasteiger partial charge in [0.1, 0.15) is 5.82 Å². The SMILES string of the molecule is CC(C)C(CCO)Nc1cccnn1. The van der Waals surface area contributed by atoms with Crippen LogP contribution < -0.4 is 5.32 Å². The van der Waals surface area contributed by atoms with E-state index in [0.717, 1.165) is 12.2 Å². The summed E-state index contributed by atoms with van der Waals surface area (Å²) in [6.45, 7) is 4.42. The average Bonchev–Trinajstić information content (AvgIpc) is 2.18. The van der Waals surface area contributed by atoms with Gasteiger partial charge in [0.25, 0.3) is 0 Å². The van der Waals surface area contributed by atoms with Crippen LogP contribution in [0, 0.1) is 5.92 Å². The Hall–Kier alpha value is -1.16. The van der Waals surface area contributed by atoms with Gasteiger partial charge < -0.3 is 10.4 Å². The Morgan fingerprint density at radius 1 is 1.50 bits per heavy atom. The molecular formula is C10H17N3O. The first-order valence-electron chi connectivity index (χ1n) is 4.89. The first-order valence-corrected chi connectivity index (χ1v) is 4.89. The lowest BCUT2D eigenvalue weighted by molar-refractivity contribution is 0.267. The molecule has 1 unspecified atom stereocenters. The van der Waals surface area contributed by atoms with Gasteiger partial charge in [-0.3, -0.25) is 0 Å². The Bertz CT molecular complexity index is 251. The predicted molar refractivity (Wildman–Crippen MR) is 56.0 cm³/mol. The second kappa shape index (κ2) is 5.54. The fraction of sp³-hybridized carbons (Fsp3) is 0.600. The predicted octanol–water partition coefficient (Wildman–Crippen LogP) is 1.30. The van der Waals surface area contributed by atoms with E-state index in [0.29, 0.717) is 5.92 Å². The molecule has 4 nitrogen and oxygen atoms in total. The first-order chi connectivity index (χ1) is 6.74. The molecular weight excluding hydrogens is 178 g/mol.